The first kappa shape index (κ1) is 17.1. The third-order valence-electron chi connectivity index (χ3n) is 2.33. The van der Waals surface area contributed by atoms with E-state index in [1.807, 2.05) is 38.1 Å². The van der Waals surface area contributed by atoms with E-state index in [1.165, 1.54) is 18.9 Å². The molecule has 112 valence electrons. The Morgan fingerprint density at radius 3 is 2.62 bits per heavy atom. The Morgan fingerprint density at radius 1 is 1.14 bits per heavy atom. The van der Waals surface area contributed by atoms with E-state index in [2.05, 4.69) is 19.7 Å². The largest absolute Gasteiger partial charge is 0.469 e. The highest BCUT2D eigenvalue weighted by Gasteiger charge is 2.05. The number of hydrogen-bond acceptors (Lipinski definition) is 6. The monoisotopic (exact) mass is 305 g/mol. The van der Waals surface area contributed by atoms with E-state index in [-0.39, 0.29) is 5.97 Å². The minimum absolute atomic E-state index is 0.228. The summed E-state index contributed by atoms with van der Waals surface area (Å²) in [5.74, 6) is 0.367. The van der Waals surface area contributed by atoms with Gasteiger partial charge in [-0.1, -0.05) is 31.7 Å². The van der Waals surface area contributed by atoms with Gasteiger partial charge in [0.1, 0.15) is 0 Å². The van der Waals surface area contributed by atoms with Crippen molar-refractivity contribution in [3.8, 4) is 11.4 Å². The van der Waals surface area contributed by atoms with Crippen LogP contribution in [0.15, 0.2) is 41.8 Å². The van der Waals surface area contributed by atoms with Crippen molar-refractivity contribution in [2.24, 2.45) is 0 Å². The fraction of sp³-hybridized carbons (Fsp3) is 0.333. The maximum absolute atomic E-state index is 11.0. The van der Waals surface area contributed by atoms with E-state index in [1.54, 1.807) is 12.4 Å². The molecule has 0 fully saturated rings. The molecule has 2 heterocycles. The number of rotatable bonds is 5. The van der Waals surface area contributed by atoms with Crippen LogP contribution >= 0.6 is 11.8 Å². The predicted octanol–water partition coefficient (Wildman–Crippen LogP) is 3.22. The van der Waals surface area contributed by atoms with Crippen LogP contribution in [0.4, 0.5) is 0 Å². The topological polar surface area (TPSA) is 65.0 Å². The summed E-state index contributed by atoms with van der Waals surface area (Å²) in [6.45, 7) is 4.00. The van der Waals surface area contributed by atoms with Crippen LogP contribution in [-0.2, 0) is 9.53 Å². The zero-order valence-electron chi connectivity index (χ0n) is 12.4. The molecule has 0 aliphatic heterocycles. The Labute approximate surface area is 129 Å². The SMILES string of the molecule is CC.COC(=O)CCSc1nccc(-c2ccccn2)n1. The second-order valence-corrected chi connectivity index (χ2v) is 4.68. The standard InChI is InChI=1S/C13H13N3O2S.C2H6/c1-18-12(17)6-9-19-13-15-8-5-11(16-13)10-4-2-3-7-14-10;1-2/h2-5,7-8H,6,9H2,1H3;1-2H3. The summed E-state index contributed by atoms with van der Waals surface area (Å²) in [6.07, 6.45) is 3.76. The molecule has 6 heteroatoms. The minimum Gasteiger partial charge on any atom is -0.469 e. The van der Waals surface area contributed by atoms with Crippen LogP contribution < -0.4 is 0 Å². The zero-order chi connectivity index (χ0) is 15.5. The highest BCUT2D eigenvalue weighted by atomic mass is 32.2. The first-order valence-corrected chi connectivity index (χ1v) is 7.72. The highest BCUT2D eigenvalue weighted by molar-refractivity contribution is 7.99. The molecule has 0 radical (unpaired) electrons. The second kappa shape index (κ2) is 9.88. The van der Waals surface area contributed by atoms with Crippen LogP contribution in [0.1, 0.15) is 20.3 Å². The lowest BCUT2D eigenvalue weighted by molar-refractivity contribution is -0.140. The molecule has 2 aromatic heterocycles. The molecule has 0 spiro atoms. The van der Waals surface area contributed by atoms with Crippen LogP contribution in [0.5, 0.6) is 0 Å². The van der Waals surface area contributed by atoms with Gasteiger partial charge < -0.3 is 4.74 Å². The van der Waals surface area contributed by atoms with Gasteiger partial charge in [0, 0.05) is 18.1 Å². The Morgan fingerprint density at radius 2 is 1.95 bits per heavy atom. The lowest BCUT2D eigenvalue weighted by Gasteiger charge is -2.02. The first-order valence-electron chi connectivity index (χ1n) is 6.73. The molecule has 2 aromatic rings. The van der Waals surface area contributed by atoms with Gasteiger partial charge in [0.05, 0.1) is 24.9 Å². The smallest absolute Gasteiger partial charge is 0.306 e. The van der Waals surface area contributed by atoms with Gasteiger partial charge in [-0.05, 0) is 18.2 Å². The van der Waals surface area contributed by atoms with Crippen molar-refractivity contribution in [1.29, 1.82) is 0 Å². The molecule has 0 aromatic carbocycles. The number of esters is 1. The van der Waals surface area contributed by atoms with Crippen molar-refractivity contribution in [2.75, 3.05) is 12.9 Å². The van der Waals surface area contributed by atoms with Gasteiger partial charge in [-0.3, -0.25) is 9.78 Å². The average molecular weight is 305 g/mol. The van der Waals surface area contributed by atoms with Crippen molar-refractivity contribution in [1.82, 2.24) is 15.0 Å². The Hall–Kier alpha value is -1.95. The summed E-state index contributed by atoms with van der Waals surface area (Å²) in [7, 11) is 1.38. The summed E-state index contributed by atoms with van der Waals surface area (Å²) in [4.78, 5) is 23.8. The number of ether oxygens (including phenoxy) is 1. The van der Waals surface area contributed by atoms with Crippen molar-refractivity contribution < 1.29 is 9.53 Å². The molecular weight excluding hydrogens is 286 g/mol. The van der Waals surface area contributed by atoms with Gasteiger partial charge in [0.2, 0.25) is 0 Å². The molecular formula is C15H19N3O2S. The van der Waals surface area contributed by atoms with Crippen LogP contribution in [0.3, 0.4) is 0 Å². The van der Waals surface area contributed by atoms with Crippen molar-refractivity contribution in [3.05, 3.63) is 36.7 Å². The van der Waals surface area contributed by atoms with Crippen LogP contribution in [0.2, 0.25) is 0 Å². The maximum Gasteiger partial charge on any atom is 0.306 e. The van der Waals surface area contributed by atoms with E-state index in [0.717, 1.165) is 11.4 Å². The molecule has 0 unspecified atom stereocenters. The predicted molar refractivity (Wildman–Crippen MR) is 84.0 cm³/mol. The molecule has 5 nitrogen and oxygen atoms in total. The number of carbonyl (C=O) groups excluding carboxylic acids is 1. The normalized spacial score (nSPS) is 9.48. The first-order chi connectivity index (χ1) is 10.3. The zero-order valence-corrected chi connectivity index (χ0v) is 13.3. The second-order valence-electron chi connectivity index (χ2n) is 3.61. The van der Waals surface area contributed by atoms with E-state index < -0.39 is 0 Å². The molecule has 21 heavy (non-hydrogen) atoms. The number of nitrogens with zero attached hydrogens (tertiary/aromatic N) is 3. The maximum atomic E-state index is 11.0. The van der Waals surface area contributed by atoms with Gasteiger partial charge in [-0.15, -0.1) is 0 Å². The number of pyridine rings is 1. The van der Waals surface area contributed by atoms with Crippen LogP contribution in [-0.4, -0.2) is 33.8 Å². The van der Waals surface area contributed by atoms with Gasteiger partial charge >= 0.3 is 5.97 Å². The number of hydrogen-bond donors (Lipinski definition) is 0. The molecule has 0 saturated carbocycles. The Balaban J connectivity index is 0.00000106. The molecule has 0 aliphatic rings. The number of methoxy groups -OCH3 is 1. The number of carbonyl (C=O) groups is 1. The summed E-state index contributed by atoms with van der Waals surface area (Å²) in [5.41, 5.74) is 1.58. The minimum atomic E-state index is -0.228. The molecule has 0 aliphatic carbocycles. The Bertz CT molecular complexity index is 550. The molecule has 0 amide bonds. The molecule has 0 N–H and O–H groups in total. The fourth-order valence-electron chi connectivity index (χ4n) is 1.39. The van der Waals surface area contributed by atoms with E-state index in [4.69, 9.17) is 0 Å². The number of thioether (sulfide) groups is 1. The third kappa shape index (κ3) is 5.91. The highest BCUT2D eigenvalue weighted by Crippen LogP contribution is 2.18. The van der Waals surface area contributed by atoms with Gasteiger partial charge in [-0.25, -0.2) is 9.97 Å². The van der Waals surface area contributed by atoms with Crippen molar-refractivity contribution >= 4 is 17.7 Å². The quantitative estimate of drug-likeness (QED) is 0.480. The molecule has 0 atom stereocenters. The van der Waals surface area contributed by atoms with Crippen LogP contribution in [0, 0.1) is 0 Å². The van der Waals surface area contributed by atoms with Gasteiger partial charge in [-0.2, -0.15) is 0 Å². The fourth-order valence-corrected chi connectivity index (χ4v) is 2.14. The lowest BCUT2D eigenvalue weighted by atomic mass is 10.3. The number of aromatic nitrogens is 3. The summed E-state index contributed by atoms with van der Waals surface area (Å²) < 4.78 is 4.58. The summed E-state index contributed by atoms with van der Waals surface area (Å²) >= 11 is 1.42. The molecule has 2 rings (SSSR count). The Kier molecular flexibility index (Phi) is 8.04. The molecule has 0 bridgehead atoms. The van der Waals surface area contributed by atoms with E-state index >= 15 is 0 Å². The third-order valence-corrected chi connectivity index (χ3v) is 3.19. The van der Waals surface area contributed by atoms with Gasteiger partial charge in [0.25, 0.3) is 0 Å². The van der Waals surface area contributed by atoms with E-state index in [0.29, 0.717) is 17.3 Å². The lowest BCUT2D eigenvalue weighted by Crippen LogP contribution is -2.01. The van der Waals surface area contributed by atoms with Crippen molar-refractivity contribution in [3.63, 3.8) is 0 Å². The average Bonchev–Trinajstić information content (AvgIpc) is 2.57. The van der Waals surface area contributed by atoms with Crippen molar-refractivity contribution in [2.45, 2.75) is 25.4 Å². The molecule has 0 saturated heterocycles. The summed E-state index contributed by atoms with van der Waals surface area (Å²) in [6, 6.07) is 7.48. The van der Waals surface area contributed by atoms with Crippen LogP contribution in [0.25, 0.3) is 11.4 Å². The van der Waals surface area contributed by atoms with Gasteiger partial charge in [0.15, 0.2) is 5.16 Å². The van der Waals surface area contributed by atoms with E-state index in [9.17, 15) is 4.79 Å². The summed E-state index contributed by atoms with van der Waals surface area (Å²) in [5, 5.41) is 0.632.